The largest absolute Gasteiger partial charge is 0.469 e. The maximum atomic E-state index is 5.23. The van der Waals surface area contributed by atoms with Crippen LogP contribution in [0.1, 0.15) is 11.3 Å². The van der Waals surface area contributed by atoms with Crippen LogP contribution in [0.4, 0.5) is 0 Å². The van der Waals surface area contributed by atoms with Gasteiger partial charge < -0.3 is 4.42 Å². The molecule has 1 aromatic heterocycles. The van der Waals surface area contributed by atoms with Gasteiger partial charge in [-0.3, -0.25) is 0 Å². The number of hydrogen-bond donors (Lipinski definition) is 0. The van der Waals surface area contributed by atoms with Crippen molar-refractivity contribution in [3.63, 3.8) is 0 Å². The molecule has 0 spiro atoms. The summed E-state index contributed by atoms with van der Waals surface area (Å²) < 4.78 is 5.23. The molecule has 0 aliphatic rings. The van der Waals surface area contributed by atoms with Crippen LogP contribution in [-0.2, 0) is 6.42 Å². The maximum absolute atomic E-state index is 5.23. The van der Waals surface area contributed by atoms with Gasteiger partial charge in [-0.1, -0.05) is 24.3 Å². The van der Waals surface area contributed by atoms with Crippen LogP contribution in [-0.4, -0.2) is 0 Å². The molecule has 2 aromatic rings. The molecule has 0 atom stereocenters. The summed E-state index contributed by atoms with van der Waals surface area (Å²) in [6, 6.07) is 14.8. The third-order valence-corrected chi connectivity index (χ3v) is 1.75. The summed E-state index contributed by atoms with van der Waals surface area (Å²) in [4.78, 5) is 0. The zero-order valence-electron chi connectivity index (χ0n) is 6.66. The van der Waals surface area contributed by atoms with Gasteiger partial charge in [0.15, 0.2) is 0 Å². The molecule has 1 heterocycles. The lowest BCUT2D eigenvalue weighted by Crippen LogP contribution is -1.83. The van der Waals surface area contributed by atoms with Gasteiger partial charge >= 0.3 is 0 Å². The van der Waals surface area contributed by atoms with Gasteiger partial charge in [-0.15, -0.1) is 0 Å². The van der Waals surface area contributed by atoms with E-state index >= 15 is 0 Å². The molecule has 1 heteroatoms. The molecule has 59 valence electrons. The van der Waals surface area contributed by atoms with E-state index in [1.165, 1.54) is 5.56 Å². The van der Waals surface area contributed by atoms with Crippen molar-refractivity contribution < 1.29 is 4.42 Å². The molecular weight excluding hydrogens is 148 g/mol. The lowest BCUT2D eigenvalue weighted by Gasteiger charge is -1.95. The average Bonchev–Trinajstić information content (AvgIpc) is 2.59. The van der Waals surface area contributed by atoms with Crippen LogP contribution in [0.2, 0.25) is 0 Å². The van der Waals surface area contributed by atoms with Crippen LogP contribution < -0.4 is 0 Å². The predicted octanol–water partition coefficient (Wildman–Crippen LogP) is 2.67. The molecule has 1 aromatic carbocycles. The van der Waals surface area contributed by atoms with Crippen molar-refractivity contribution in [2.24, 2.45) is 0 Å². The molecule has 1 radical (unpaired) electrons. The van der Waals surface area contributed by atoms with Crippen LogP contribution >= 0.6 is 0 Å². The highest BCUT2D eigenvalue weighted by atomic mass is 16.3. The molecule has 0 saturated heterocycles. The summed E-state index contributed by atoms with van der Waals surface area (Å²) in [7, 11) is 0. The lowest BCUT2D eigenvalue weighted by molar-refractivity contribution is 0.521. The Morgan fingerprint density at radius 1 is 1.17 bits per heavy atom. The van der Waals surface area contributed by atoms with Crippen molar-refractivity contribution >= 4 is 0 Å². The first-order chi connectivity index (χ1) is 5.95. The number of hydrogen-bond acceptors (Lipinski definition) is 1. The Morgan fingerprint density at radius 3 is 2.67 bits per heavy atom. The van der Waals surface area contributed by atoms with E-state index in [1.807, 2.05) is 36.4 Å². The second-order valence-electron chi connectivity index (χ2n) is 2.66. The second-order valence-corrected chi connectivity index (χ2v) is 2.66. The zero-order chi connectivity index (χ0) is 8.23. The van der Waals surface area contributed by atoms with Crippen molar-refractivity contribution in [2.75, 3.05) is 0 Å². The van der Waals surface area contributed by atoms with Gasteiger partial charge in [0.2, 0.25) is 0 Å². The first-order valence-electron chi connectivity index (χ1n) is 3.92. The van der Waals surface area contributed by atoms with E-state index in [0.717, 1.165) is 12.2 Å². The van der Waals surface area contributed by atoms with Crippen LogP contribution in [0.3, 0.4) is 0 Å². The summed E-state index contributed by atoms with van der Waals surface area (Å²) in [6.45, 7) is 0. The van der Waals surface area contributed by atoms with Gasteiger partial charge in [-0.2, -0.15) is 0 Å². The zero-order valence-corrected chi connectivity index (χ0v) is 6.66. The topological polar surface area (TPSA) is 13.1 Å². The molecule has 0 fully saturated rings. The second kappa shape index (κ2) is 3.26. The molecule has 0 unspecified atom stereocenters. The van der Waals surface area contributed by atoms with Gasteiger partial charge in [0.1, 0.15) is 5.76 Å². The number of furan rings is 1. The van der Waals surface area contributed by atoms with Crippen molar-refractivity contribution in [1.82, 2.24) is 0 Å². The minimum Gasteiger partial charge on any atom is -0.469 e. The Kier molecular flexibility index (Phi) is 1.95. The van der Waals surface area contributed by atoms with Crippen LogP contribution in [0.25, 0.3) is 0 Å². The molecule has 0 amide bonds. The first-order valence-corrected chi connectivity index (χ1v) is 3.92. The molecule has 12 heavy (non-hydrogen) atoms. The summed E-state index contributed by atoms with van der Waals surface area (Å²) in [5, 5.41) is 0. The first kappa shape index (κ1) is 7.17. The Labute approximate surface area is 71.6 Å². The molecule has 2 rings (SSSR count). The number of benzene rings is 1. The van der Waals surface area contributed by atoms with E-state index in [0.29, 0.717) is 0 Å². The van der Waals surface area contributed by atoms with Gasteiger partial charge in [-0.25, -0.2) is 0 Å². The van der Waals surface area contributed by atoms with E-state index in [4.69, 9.17) is 4.42 Å². The predicted molar refractivity (Wildman–Crippen MR) is 46.8 cm³/mol. The molecule has 0 aliphatic carbocycles. The quantitative estimate of drug-likeness (QED) is 0.653. The molecular formula is C11H9O. The summed E-state index contributed by atoms with van der Waals surface area (Å²) >= 11 is 0. The summed E-state index contributed by atoms with van der Waals surface area (Å²) in [6.07, 6.45) is 2.56. The van der Waals surface area contributed by atoms with E-state index in [1.54, 1.807) is 6.26 Å². The highest BCUT2D eigenvalue weighted by Crippen LogP contribution is 2.08. The standard InChI is InChI=1S/C11H9O/c1-2-5-10(6-3-1)9-11-7-4-8-12-11/h2-8H,9H2. The lowest BCUT2D eigenvalue weighted by atomic mass is 10.1. The van der Waals surface area contributed by atoms with Crippen LogP contribution in [0.5, 0.6) is 0 Å². The minimum absolute atomic E-state index is 0.863. The minimum atomic E-state index is 0.863. The molecule has 0 bridgehead atoms. The third kappa shape index (κ3) is 1.56. The van der Waals surface area contributed by atoms with Crippen molar-refractivity contribution in [3.8, 4) is 0 Å². The fourth-order valence-electron chi connectivity index (χ4n) is 1.15. The molecule has 0 aliphatic heterocycles. The Hall–Kier alpha value is -1.50. The van der Waals surface area contributed by atoms with E-state index in [-0.39, 0.29) is 0 Å². The Bertz CT molecular complexity index is 321. The van der Waals surface area contributed by atoms with Crippen LogP contribution in [0.15, 0.2) is 47.1 Å². The van der Waals surface area contributed by atoms with Crippen molar-refractivity contribution in [2.45, 2.75) is 6.42 Å². The van der Waals surface area contributed by atoms with Gasteiger partial charge in [-0.05, 0) is 23.8 Å². The smallest absolute Gasteiger partial charge is 0.108 e. The monoisotopic (exact) mass is 157 g/mol. The highest BCUT2D eigenvalue weighted by molar-refractivity contribution is 5.19. The third-order valence-electron chi connectivity index (χ3n) is 1.75. The van der Waals surface area contributed by atoms with E-state index in [9.17, 15) is 0 Å². The number of rotatable bonds is 2. The fraction of sp³-hybridized carbons (Fsp3) is 0.0909. The SMILES string of the molecule is [c]1ccc(Cc2ccco2)cc1. The van der Waals surface area contributed by atoms with Gasteiger partial charge in [0.05, 0.1) is 6.26 Å². The van der Waals surface area contributed by atoms with E-state index < -0.39 is 0 Å². The van der Waals surface area contributed by atoms with Crippen molar-refractivity contribution in [1.29, 1.82) is 0 Å². The average molecular weight is 157 g/mol. The van der Waals surface area contributed by atoms with E-state index in [2.05, 4.69) is 6.07 Å². The fourth-order valence-corrected chi connectivity index (χ4v) is 1.15. The van der Waals surface area contributed by atoms with Gasteiger partial charge in [0, 0.05) is 6.42 Å². The Balaban J connectivity index is 2.15. The molecule has 0 saturated carbocycles. The molecule has 1 nitrogen and oxygen atoms in total. The van der Waals surface area contributed by atoms with Crippen LogP contribution in [0, 0.1) is 6.07 Å². The normalized spacial score (nSPS) is 10.0. The Morgan fingerprint density at radius 2 is 2.00 bits per heavy atom. The van der Waals surface area contributed by atoms with Crippen molar-refractivity contribution in [3.05, 3.63) is 60.1 Å². The highest BCUT2D eigenvalue weighted by Gasteiger charge is 1.96. The summed E-state index contributed by atoms with van der Waals surface area (Å²) in [5.41, 5.74) is 1.25. The summed E-state index contributed by atoms with van der Waals surface area (Å²) in [5.74, 6) is 1.00. The maximum Gasteiger partial charge on any atom is 0.108 e. The molecule has 0 N–H and O–H groups in total. The van der Waals surface area contributed by atoms with Gasteiger partial charge in [0.25, 0.3) is 0 Å².